The minimum Gasteiger partial charge on any atom is -0.454 e. The highest BCUT2D eigenvalue weighted by Gasteiger charge is 2.39. The average molecular weight is 344 g/mol. The molecule has 1 aromatic carbocycles. The van der Waals surface area contributed by atoms with Crippen molar-refractivity contribution in [1.82, 2.24) is 4.90 Å². The SMILES string of the molecule is CCN=C1S/C(=C\c2ccc3c(c2)OCO3)C(=O)N1C1CCCC1. The first-order chi connectivity index (χ1) is 11.8. The third kappa shape index (κ3) is 2.79. The Morgan fingerprint density at radius 1 is 1.29 bits per heavy atom. The van der Waals surface area contributed by atoms with Crippen LogP contribution in [0.2, 0.25) is 0 Å². The van der Waals surface area contributed by atoms with Gasteiger partial charge >= 0.3 is 0 Å². The number of benzene rings is 1. The molecule has 1 aliphatic carbocycles. The summed E-state index contributed by atoms with van der Waals surface area (Å²) in [6, 6.07) is 6.05. The van der Waals surface area contributed by atoms with Crippen LogP contribution >= 0.6 is 11.8 Å². The molecule has 1 amide bonds. The van der Waals surface area contributed by atoms with E-state index >= 15 is 0 Å². The van der Waals surface area contributed by atoms with Crippen molar-refractivity contribution < 1.29 is 14.3 Å². The summed E-state index contributed by atoms with van der Waals surface area (Å²) < 4.78 is 10.8. The van der Waals surface area contributed by atoms with E-state index in [4.69, 9.17) is 9.47 Å². The maximum absolute atomic E-state index is 12.9. The molecule has 2 heterocycles. The van der Waals surface area contributed by atoms with E-state index in [0.29, 0.717) is 12.6 Å². The topological polar surface area (TPSA) is 51.1 Å². The summed E-state index contributed by atoms with van der Waals surface area (Å²) in [4.78, 5) is 20.1. The summed E-state index contributed by atoms with van der Waals surface area (Å²) in [5, 5.41) is 0.849. The minimum absolute atomic E-state index is 0.0803. The first-order valence-electron chi connectivity index (χ1n) is 8.43. The lowest BCUT2D eigenvalue weighted by Gasteiger charge is -2.22. The molecule has 0 radical (unpaired) electrons. The maximum atomic E-state index is 12.9. The molecule has 24 heavy (non-hydrogen) atoms. The van der Waals surface area contributed by atoms with Gasteiger partial charge in [0.15, 0.2) is 16.7 Å². The van der Waals surface area contributed by atoms with Gasteiger partial charge in [0.25, 0.3) is 5.91 Å². The highest BCUT2D eigenvalue weighted by atomic mass is 32.2. The fourth-order valence-corrected chi connectivity index (χ4v) is 4.47. The van der Waals surface area contributed by atoms with Gasteiger partial charge in [-0.25, -0.2) is 0 Å². The molecule has 1 aromatic rings. The fraction of sp³-hybridized carbons (Fsp3) is 0.444. The van der Waals surface area contributed by atoms with Gasteiger partial charge in [0.2, 0.25) is 6.79 Å². The summed E-state index contributed by atoms with van der Waals surface area (Å²) in [7, 11) is 0. The van der Waals surface area contributed by atoms with Crippen LogP contribution in [0.1, 0.15) is 38.2 Å². The largest absolute Gasteiger partial charge is 0.454 e. The summed E-state index contributed by atoms with van der Waals surface area (Å²) in [5.74, 6) is 1.56. The molecule has 5 nitrogen and oxygen atoms in total. The van der Waals surface area contributed by atoms with Crippen molar-refractivity contribution in [3.05, 3.63) is 28.7 Å². The van der Waals surface area contributed by atoms with Gasteiger partial charge in [0.05, 0.1) is 4.91 Å². The zero-order valence-electron chi connectivity index (χ0n) is 13.7. The monoisotopic (exact) mass is 344 g/mol. The van der Waals surface area contributed by atoms with Crippen LogP contribution in [-0.2, 0) is 4.79 Å². The molecule has 0 bridgehead atoms. The lowest BCUT2D eigenvalue weighted by atomic mass is 10.1. The van der Waals surface area contributed by atoms with E-state index in [1.165, 1.54) is 24.6 Å². The van der Waals surface area contributed by atoms with Gasteiger partial charge in [-0.1, -0.05) is 18.9 Å². The number of amides is 1. The number of carbonyl (C=O) groups excluding carboxylic acids is 1. The molecular formula is C18H20N2O3S. The molecule has 1 saturated carbocycles. The van der Waals surface area contributed by atoms with Crippen molar-refractivity contribution in [1.29, 1.82) is 0 Å². The van der Waals surface area contributed by atoms with Gasteiger partial charge < -0.3 is 9.47 Å². The number of nitrogens with zero attached hydrogens (tertiary/aromatic N) is 2. The Labute approximate surface area is 145 Å². The van der Waals surface area contributed by atoms with Gasteiger partial charge in [0.1, 0.15) is 0 Å². The number of hydrogen-bond donors (Lipinski definition) is 0. The third-order valence-electron chi connectivity index (χ3n) is 4.51. The van der Waals surface area contributed by atoms with E-state index in [2.05, 4.69) is 4.99 Å². The van der Waals surface area contributed by atoms with Crippen LogP contribution in [0.15, 0.2) is 28.1 Å². The quantitative estimate of drug-likeness (QED) is 0.786. The molecule has 6 heteroatoms. The van der Waals surface area contributed by atoms with E-state index < -0.39 is 0 Å². The lowest BCUT2D eigenvalue weighted by molar-refractivity contribution is -0.123. The number of fused-ring (bicyclic) bond motifs is 1. The van der Waals surface area contributed by atoms with E-state index in [1.807, 2.05) is 36.1 Å². The van der Waals surface area contributed by atoms with Crippen LogP contribution in [0.4, 0.5) is 0 Å². The predicted octanol–water partition coefficient (Wildman–Crippen LogP) is 3.65. The maximum Gasteiger partial charge on any atom is 0.266 e. The Morgan fingerprint density at radius 3 is 2.88 bits per heavy atom. The normalized spacial score (nSPS) is 23.9. The highest BCUT2D eigenvalue weighted by molar-refractivity contribution is 8.18. The minimum atomic E-state index is 0.0803. The van der Waals surface area contributed by atoms with Crippen LogP contribution in [0, 0.1) is 0 Å². The van der Waals surface area contributed by atoms with E-state index in [0.717, 1.165) is 40.0 Å². The predicted molar refractivity (Wildman–Crippen MR) is 95.2 cm³/mol. The van der Waals surface area contributed by atoms with Crippen molar-refractivity contribution >= 4 is 28.9 Å². The molecule has 2 fully saturated rings. The number of ether oxygens (including phenoxy) is 2. The Morgan fingerprint density at radius 2 is 2.08 bits per heavy atom. The Hall–Kier alpha value is -1.95. The lowest BCUT2D eigenvalue weighted by Crippen LogP contribution is -2.37. The second-order valence-corrected chi connectivity index (χ2v) is 7.10. The molecule has 2 aliphatic heterocycles. The molecule has 1 saturated heterocycles. The second kappa shape index (κ2) is 6.51. The number of thioether (sulfide) groups is 1. The summed E-state index contributed by atoms with van der Waals surface area (Å²) in [5.41, 5.74) is 0.944. The van der Waals surface area contributed by atoms with Crippen LogP contribution in [0.5, 0.6) is 11.5 Å². The standard InChI is InChI=1S/C18H20N2O3S/c1-2-19-18-20(13-5-3-4-6-13)17(21)16(24-18)10-12-7-8-14-15(9-12)23-11-22-14/h7-10,13H,2-6,11H2,1H3/b16-10-,19-18?. The van der Waals surface area contributed by atoms with Crippen LogP contribution in [0.3, 0.4) is 0 Å². The number of hydrogen-bond acceptors (Lipinski definition) is 5. The molecule has 126 valence electrons. The van der Waals surface area contributed by atoms with Gasteiger partial charge in [-0.05, 0) is 55.3 Å². The Kier molecular flexibility index (Phi) is 4.22. The average Bonchev–Trinajstić information content (AvgIpc) is 3.29. The number of amidine groups is 1. The molecule has 4 rings (SSSR count). The number of rotatable bonds is 3. The molecule has 3 aliphatic rings. The highest BCUT2D eigenvalue weighted by Crippen LogP contribution is 2.39. The number of aliphatic imine (C=N–C) groups is 1. The van der Waals surface area contributed by atoms with Crippen molar-refractivity contribution in [2.75, 3.05) is 13.3 Å². The van der Waals surface area contributed by atoms with Crippen molar-refractivity contribution in [2.45, 2.75) is 38.6 Å². The van der Waals surface area contributed by atoms with Crippen molar-refractivity contribution in [2.24, 2.45) is 4.99 Å². The van der Waals surface area contributed by atoms with Crippen molar-refractivity contribution in [3.63, 3.8) is 0 Å². The fourth-order valence-electron chi connectivity index (χ4n) is 3.37. The number of carbonyl (C=O) groups is 1. The summed E-state index contributed by atoms with van der Waals surface area (Å²) >= 11 is 1.48. The van der Waals surface area contributed by atoms with Gasteiger partial charge in [-0.2, -0.15) is 0 Å². The summed E-state index contributed by atoms with van der Waals surface area (Å²) in [6.45, 7) is 2.95. The van der Waals surface area contributed by atoms with Crippen LogP contribution in [-0.4, -0.2) is 35.4 Å². The molecule has 0 N–H and O–H groups in total. The Bertz CT molecular complexity index is 723. The first-order valence-corrected chi connectivity index (χ1v) is 9.25. The molecule has 0 aromatic heterocycles. The van der Waals surface area contributed by atoms with Crippen LogP contribution in [0.25, 0.3) is 6.08 Å². The van der Waals surface area contributed by atoms with Gasteiger partial charge in [-0.3, -0.25) is 14.7 Å². The van der Waals surface area contributed by atoms with E-state index in [1.54, 1.807) is 0 Å². The first kappa shape index (κ1) is 15.6. The molecule has 0 unspecified atom stereocenters. The zero-order valence-corrected chi connectivity index (χ0v) is 14.5. The van der Waals surface area contributed by atoms with Crippen LogP contribution < -0.4 is 9.47 Å². The molecule has 0 atom stereocenters. The van der Waals surface area contributed by atoms with Gasteiger partial charge in [0, 0.05) is 12.6 Å². The zero-order chi connectivity index (χ0) is 16.5. The Balaban J connectivity index is 1.63. The van der Waals surface area contributed by atoms with Crippen molar-refractivity contribution in [3.8, 4) is 11.5 Å². The molecule has 0 spiro atoms. The van der Waals surface area contributed by atoms with E-state index in [9.17, 15) is 4.79 Å². The van der Waals surface area contributed by atoms with E-state index in [-0.39, 0.29) is 12.7 Å². The second-order valence-electron chi connectivity index (χ2n) is 6.09. The smallest absolute Gasteiger partial charge is 0.266 e. The third-order valence-corrected chi connectivity index (χ3v) is 5.54. The van der Waals surface area contributed by atoms with Gasteiger partial charge in [-0.15, -0.1) is 0 Å². The summed E-state index contributed by atoms with van der Waals surface area (Å²) in [6.07, 6.45) is 6.47. The molecular weight excluding hydrogens is 324 g/mol.